The maximum atomic E-state index is 12.8. The van der Waals surface area contributed by atoms with Crippen LogP contribution in [0.3, 0.4) is 0 Å². The Bertz CT molecular complexity index is 982. The highest BCUT2D eigenvalue weighted by atomic mass is 32.2. The van der Waals surface area contributed by atoms with Gasteiger partial charge < -0.3 is 32.1 Å². The molecule has 0 aliphatic carbocycles. The second-order valence-corrected chi connectivity index (χ2v) is 9.64. The first-order chi connectivity index (χ1) is 15.8. The smallest absolute Gasteiger partial charge is 0.314 e. The molecule has 0 aliphatic rings. The number of rotatable bonds is 13. The fourth-order valence-corrected chi connectivity index (χ4v) is 4.17. The minimum absolute atomic E-state index is 0.0621. The van der Waals surface area contributed by atoms with Crippen molar-refractivity contribution in [3.63, 3.8) is 0 Å². The van der Waals surface area contributed by atoms with E-state index in [1.807, 2.05) is 0 Å². The number of carbonyl (C=O) groups excluding carboxylic acids is 3. The molecular weight excluding hydrogens is 466 g/mol. The zero-order valence-electron chi connectivity index (χ0n) is 19.4. The van der Waals surface area contributed by atoms with Crippen molar-refractivity contribution in [2.75, 3.05) is 19.3 Å². The number of carbonyl (C=O) groups is 3. The normalized spacial score (nSPS) is 13.9. The zero-order valence-corrected chi connectivity index (χ0v) is 20.2. The molecule has 14 heteroatoms. The van der Waals surface area contributed by atoms with Crippen molar-refractivity contribution in [2.45, 2.75) is 45.0 Å². The van der Waals surface area contributed by atoms with Gasteiger partial charge in [0, 0.05) is 19.2 Å². The third-order valence-electron chi connectivity index (χ3n) is 4.74. The predicted molar refractivity (Wildman–Crippen MR) is 126 cm³/mol. The van der Waals surface area contributed by atoms with Crippen LogP contribution in [0.5, 0.6) is 0 Å². The quantitative estimate of drug-likeness (QED) is 0.121. The third kappa shape index (κ3) is 9.33. The Kier molecular flexibility index (Phi) is 10.9. The summed E-state index contributed by atoms with van der Waals surface area (Å²) in [5.74, 6) is -1.97. The number of aliphatic hydroxyl groups is 1. The molecule has 0 heterocycles. The summed E-state index contributed by atoms with van der Waals surface area (Å²) in [7, 11) is -2.52. The predicted octanol–water partition coefficient (Wildman–Crippen LogP) is -1.84. The minimum atomic E-state index is -3.85. The van der Waals surface area contributed by atoms with E-state index in [-0.39, 0.29) is 24.7 Å². The molecule has 0 bridgehead atoms. The number of sulfonamides is 1. The molecule has 190 valence electrons. The van der Waals surface area contributed by atoms with Crippen LogP contribution in [0.25, 0.3) is 0 Å². The number of nitrogens with two attached hydrogens (primary N) is 2. The number of amidine groups is 1. The Morgan fingerprint density at radius 3 is 2.21 bits per heavy atom. The number of aliphatic hydroxyl groups excluding tert-OH is 1. The van der Waals surface area contributed by atoms with Gasteiger partial charge in [0.25, 0.3) is 0 Å². The molecule has 13 nitrogen and oxygen atoms in total. The van der Waals surface area contributed by atoms with Gasteiger partial charge in [0.2, 0.25) is 21.8 Å². The number of urea groups is 1. The standard InChI is InChI=1S/C20H33N7O6S/c1-4-9-34(32,33)26-16(12(2)28)19(30)25-15(11-27(3)20(23)31)18(29)24-10-13-5-7-14(8-6-13)17(21)22/h5-8,12,15-16,26,28H,4,9-11H2,1-3H3,(H3,21,22)(H2,23,31)(H,24,29)(H,25,30)/t12?,15-,16+/m0/s1. The number of nitrogens with one attached hydrogen (secondary N) is 4. The maximum Gasteiger partial charge on any atom is 0.314 e. The van der Waals surface area contributed by atoms with Crippen LogP contribution < -0.4 is 26.8 Å². The lowest BCUT2D eigenvalue weighted by molar-refractivity contribution is -0.131. The van der Waals surface area contributed by atoms with Crippen LogP contribution in [-0.4, -0.2) is 79.6 Å². The van der Waals surface area contributed by atoms with Gasteiger partial charge in [-0.2, -0.15) is 0 Å². The van der Waals surface area contributed by atoms with Crippen LogP contribution >= 0.6 is 0 Å². The molecule has 0 aliphatic heterocycles. The first-order valence-electron chi connectivity index (χ1n) is 10.5. The van der Waals surface area contributed by atoms with Crippen LogP contribution in [0.4, 0.5) is 4.79 Å². The lowest BCUT2D eigenvalue weighted by Crippen LogP contribution is -2.59. The second-order valence-electron chi connectivity index (χ2n) is 7.76. The highest BCUT2D eigenvalue weighted by Crippen LogP contribution is 2.05. The van der Waals surface area contributed by atoms with Crippen LogP contribution in [0.1, 0.15) is 31.4 Å². The molecular formula is C20H33N7O6S. The Morgan fingerprint density at radius 2 is 1.74 bits per heavy atom. The summed E-state index contributed by atoms with van der Waals surface area (Å²) in [5, 5.41) is 22.3. The minimum Gasteiger partial charge on any atom is -0.391 e. The molecule has 0 saturated heterocycles. The highest BCUT2D eigenvalue weighted by molar-refractivity contribution is 7.89. The van der Waals surface area contributed by atoms with Crippen molar-refractivity contribution in [2.24, 2.45) is 11.5 Å². The van der Waals surface area contributed by atoms with Gasteiger partial charge in [0.15, 0.2) is 0 Å². The lowest BCUT2D eigenvalue weighted by Gasteiger charge is -2.27. The number of likely N-dealkylation sites (N-methyl/N-ethyl adjacent to an activating group) is 1. The van der Waals surface area contributed by atoms with Crippen molar-refractivity contribution in [3.05, 3.63) is 35.4 Å². The summed E-state index contributed by atoms with van der Waals surface area (Å²) in [6.07, 6.45) is -1.10. The Balaban J connectivity index is 2.99. The van der Waals surface area contributed by atoms with Crippen LogP contribution in [0.2, 0.25) is 0 Å². The third-order valence-corrected chi connectivity index (χ3v) is 6.30. The van der Waals surface area contributed by atoms with E-state index in [2.05, 4.69) is 15.4 Å². The summed E-state index contributed by atoms with van der Waals surface area (Å²) < 4.78 is 26.3. The van der Waals surface area contributed by atoms with Crippen LogP contribution in [0.15, 0.2) is 24.3 Å². The monoisotopic (exact) mass is 499 g/mol. The molecule has 1 unspecified atom stereocenters. The first-order valence-corrected chi connectivity index (χ1v) is 12.1. The number of benzene rings is 1. The molecule has 0 fully saturated rings. The fraction of sp³-hybridized carbons (Fsp3) is 0.500. The van der Waals surface area contributed by atoms with Crippen molar-refractivity contribution in [3.8, 4) is 0 Å². The molecule has 0 spiro atoms. The number of nitrogen functional groups attached to an aromatic ring is 1. The highest BCUT2D eigenvalue weighted by Gasteiger charge is 2.32. The molecule has 34 heavy (non-hydrogen) atoms. The van der Waals surface area contributed by atoms with Gasteiger partial charge >= 0.3 is 6.03 Å². The van der Waals surface area contributed by atoms with Gasteiger partial charge in [-0.1, -0.05) is 31.2 Å². The molecule has 0 saturated carbocycles. The summed E-state index contributed by atoms with van der Waals surface area (Å²) in [6, 6.07) is 2.85. The first kappa shape index (κ1) is 28.8. The van der Waals surface area contributed by atoms with Crippen LogP contribution in [0, 0.1) is 5.41 Å². The molecule has 3 atom stereocenters. The Hall–Kier alpha value is -3.23. The van der Waals surface area contributed by atoms with E-state index in [1.54, 1.807) is 31.2 Å². The van der Waals surface area contributed by atoms with Gasteiger partial charge in [-0.25, -0.2) is 17.9 Å². The number of hydrogen-bond donors (Lipinski definition) is 7. The largest absolute Gasteiger partial charge is 0.391 e. The molecule has 0 aromatic heterocycles. The van der Waals surface area contributed by atoms with Gasteiger partial charge in [0.1, 0.15) is 17.9 Å². The van der Waals surface area contributed by atoms with Crippen molar-refractivity contribution in [1.29, 1.82) is 5.41 Å². The number of amides is 4. The van der Waals surface area contributed by atoms with E-state index in [0.29, 0.717) is 17.5 Å². The average Bonchev–Trinajstić information content (AvgIpc) is 2.75. The van der Waals surface area contributed by atoms with E-state index in [4.69, 9.17) is 16.9 Å². The van der Waals surface area contributed by atoms with Gasteiger partial charge in [-0.05, 0) is 18.9 Å². The van der Waals surface area contributed by atoms with Crippen LogP contribution in [-0.2, 0) is 26.2 Å². The topological polar surface area (TPSA) is 221 Å². The number of primary amides is 1. The number of nitrogens with zero attached hydrogens (tertiary/aromatic N) is 1. The molecule has 1 aromatic rings. The van der Waals surface area contributed by atoms with Crippen molar-refractivity contribution >= 4 is 33.7 Å². The van der Waals surface area contributed by atoms with E-state index in [0.717, 1.165) is 4.90 Å². The summed E-state index contributed by atoms with van der Waals surface area (Å²) in [5.41, 5.74) is 11.8. The maximum absolute atomic E-state index is 12.8. The summed E-state index contributed by atoms with van der Waals surface area (Å²) in [4.78, 5) is 38.0. The SMILES string of the molecule is CCCS(=O)(=O)N[C@@H](C(=O)N[C@@H](CN(C)C(N)=O)C(=O)NCc1ccc(C(=N)N)cc1)C(C)O. The second kappa shape index (κ2) is 12.9. The molecule has 0 radical (unpaired) electrons. The van der Waals surface area contributed by atoms with Gasteiger partial charge in [0.05, 0.1) is 18.4 Å². The van der Waals surface area contributed by atoms with Gasteiger partial charge in [-0.3, -0.25) is 15.0 Å². The molecule has 1 rings (SSSR count). The zero-order chi connectivity index (χ0) is 26.1. The molecule has 9 N–H and O–H groups in total. The summed E-state index contributed by atoms with van der Waals surface area (Å²) >= 11 is 0. The van der Waals surface area contributed by atoms with Gasteiger partial charge in [-0.15, -0.1) is 0 Å². The molecule has 4 amide bonds. The Labute approximate surface area is 198 Å². The van der Waals surface area contributed by atoms with Crippen molar-refractivity contribution in [1.82, 2.24) is 20.3 Å². The number of hydrogen-bond acceptors (Lipinski definition) is 7. The van der Waals surface area contributed by atoms with E-state index in [1.165, 1.54) is 14.0 Å². The van der Waals surface area contributed by atoms with E-state index < -0.39 is 46.1 Å². The van der Waals surface area contributed by atoms with Crippen molar-refractivity contribution < 1.29 is 27.9 Å². The fourth-order valence-electron chi connectivity index (χ4n) is 2.83. The molecule has 1 aromatic carbocycles. The summed E-state index contributed by atoms with van der Waals surface area (Å²) in [6.45, 7) is 2.63. The lowest BCUT2D eigenvalue weighted by atomic mass is 10.1. The van der Waals surface area contributed by atoms with E-state index in [9.17, 15) is 27.9 Å². The van der Waals surface area contributed by atoms with E-state index >= 15 is 0 Å². The Morgan fingerprint density at radius 1 is 1.15 bits per heavy atom. The average molecular weight is 500 g/mol.